The van der Waals surface area contributed by atoms with Crippen LogP contribution in [0, 0.1) is 6.92 Å². The van der Waals surface area contributed by atoms with Gasteiger partial charge in [0.2, 0.25) is 10.0 Å². The van der Waals surface area contributed by atoms with Gasteiger partial charge in [-0.3, -0.25) is 0 Å². The molecule has 7 nitrogen and oxygen atoms in total. The predicted octanol–water partition coefficient (Wildman–Crippen LogP) is 2.04. The first-order valence-corrected chi connectivity index (χ1v) is 9.90. The summed E-state index contributed by atoms with van der Waals surface area (Å²) in [7, 11) is -0.859. The maximum absolute atomic E-state index is 12.7. The summed E-state index contributed by atoms with van der Waals surface area (Å²) in [6.07, 6.45) is -0.521. The molecular formula is C19H25NO6S. The largest absolute Gasteiger partial charge is 0.493 e. The first-order chi connectivity index (χ1) is 12.9. The molecule has 1 unspecified atom stereocenters. The van der Waals surface area contributed by atoms with E-state index in [4.69, 9.17) is 19.3 Å². The van der Waals surface area contributed by atoms with Crippen LogP contribution in [-0.4, -0.2) is 47.5 Å². The fraction of sp³-hybridized carbons (Fsp3) is 0.368. The van der Waals surface area contributed by atoms with Gasteiger partial charge in [0.25, 0.3) is 0 Å². The summed E-state index contributed by atoms with van der Waals surface area (Å²) in [4.78, 5) is 0.0602. The van der Waals surface area contributed by atoms with Crippen LogP contribution < -0.4 is 14.2 Å². The van der Waals surface area contributed by atoms with Crippen LogP contribution in [0.2, 0.25) is 0 Å². The molecule has 8 heteroatoms. The van der Waals surface area contributed by atoms with Crippen molar-refractivity contribution in [1.82, 2.24) is 4.72 Å². The van der Waals surface area contributed by atoms with Gasteiger partial charge in [0, 0.05) is 12.6 Å². The normalized spacial score (nSPS) is 12.6. The predicted molar refractivity (Wildman–Crippen MR) is 102 cm³/mol. The summed E-state index contributed by atoms with van der Waals surface area (Å²) < 4.78 is 43.8. The molecule has 0 saturated heterocycles. The lowest BCUT2D eigenvalue weighted by Gasteiger charge is -2.19. The Kier molecular flexibility index (Phi) is 7.61. The van der Waals surface area contributed by atoms with E-state index in [-0.39, 0.29) is 24.7 Å². The molecule has 2 rings (SSSR count). The quantitative estimate of drug-likeness (QED) is 0.639. The third kappa shape index (κ3) is 5.67. The zero-order chi connectivity index (χ0) is 19.9. The molecule has 1 atom stereocenters. The summed E-state index contributed by atoms with van der Waals surface area (Å²) >= 11 is 0. The zero-order valence-electron chi connectivity index (χ0n) is 15.6. The van der Waals surface area contributed by atoms with Crippen LogP contribution in [-0.2, 0) is 14.8 Å². The Morgan fingerprint density at radius 2 is 1.70 bits per heavy atom. The van der Waals surface area contributed by atoms with Crippen LogP contribution in [0.1, 0.15) is 17.2 Å². The number of aryl methyl sites for hydroxylation is 1. The number of hydrogen-bond acceptors (Lipinski definition) is 6. The molecule has 0 aliphatic heterocycles. The van der Waals surface area contributed by atoms with Gasteiger partial charge in [-0.15, -0.1) is 0 Å². The molecule has 2 N–H and O–H groups in total. The van der Waals surface area contributed by atoms with Crippen molar-refractivity contribution in [2.24, 2.45) is 0 Å². The van der Waals surface area contributed by atoms with Crippen molar-refractivity contribution in [3.8, 4) is 11.5 Å². The second-order valence-electron chi connectivity index (χ2n) is 5.86. The Morgan fingerprint density at radius 3 is 2.30 bits per heavy atom. The molecule has 0 aromatic heterocycles. The van der Waals surface area contributed by atoms with E-state index in [2.05, 4.69) is 4.72 Å². The van der Waals surface area contributed by atoms with Crippen LogP contribution in [0.4, 0.5) is 0 Å². The number of hydrogen-bond donors (Lipinski definition) is 2. The first kappa shape index (κ1) is 21.2. The third-order valence-corrected chi connectivity index (χ3v) is 5.40. The molecule has 0 spiro atoms. The van der Waals surface area contributed by atoms with Crippen molar-refractivity contribution in [2.45, 2.75) is 17.9 Å². The molecule has 0 saturated carbocycles. The van der Waals surface area contributed by atoms with E-state index in [0.29, 0.717) is 11.5 Å². The van der Waals surface area contributed by atoms with Crippen LogP contribution in [0.5, 0.6) is 11.5 Å². The Labute approximate surface area is 159 Å². The SMILES string of the molecule is COc1ccc(S(=O)(=O)NCC(OCCO)c2ccc(C)cc2)cc1OC. The van der Waals surface area contributed by atoms with Crippen molar-refractivity contribution >= 4 is 10.0 Å². The summed E-state index contributed by atoms with van der Waals surface area (Å²) in [6.45, 7) is 1.95. The smallest absolute Gasteiger partial charge is 0.240 e. The second kappa shape index (κ2) is 9.70. The average Bonchev–Trinajstić information content (AvgIpc) is 2.68. The number of aliphatic hydroxyl groups excluding tert-OH is 1. The molecule has 27 heavy (non-hydrogen) atoms. The molecular weight excluding hydrogens is 370 g/mol. The third-order valence-electron chi connectivity index (χ3n) is 3.98. The van der Waals surface area contributed by atoms with Gasteiger partial charge < -0.3 is 19.3 Å². The lowest BCUT2D eigenvalue weighted by molar-refractivity contribution is 0.0309. The minimum Gasteiger partial charge on any atom is -0.493 e. The Bertz CT molecular complexity index is 836. The van der Waals surface area contributed by atoms with E-state index in [1.54, 1.807) is 0 Å². The Hall–Kier alpha value is -2.13. The van der Waals surface area contributed by atoms with E-state index >= 15 is 0 Å². The number of ether oxygens (including phenoxy) is 3. The van der Waals surface area contributed by atoms with Crippen LogP contribution >= 0.6 is 0 Å². The highest BCUT2D eigenvalue weighted by Gasteiger charge is 2.20. The monoisotopic (exact) mass is 395 g/mol. The van der Waals surface area contributed by atoms with E-state index < -0.39 is 16.1 Å². The molecule has 2 aromatic rings. The highest BCUT2D eigenvalue weighted by atomic mass is 32.2. The molecule has 148 valence electrons. The van der Waals surface area contributed by atoms with Gasteiger partial charge in [-0.1, -0.05) is 29.8 Å². The van der Waals surface area contributed by atoms with Gasteiger partial charge in [0.05, 0.1) is 38.4 Å². The van der Waals surface area contributed by atoms with Gasteiger partial charge in [-0.05, 0) is 24.6 Å². The van der Waals surface area contributed by atoms with Crippen molar-refractivity contribution in [3.63, 3.8) is 0 Å². The zero-order valence-corrected chi connectivity index (χ0v) is 16.5. The highest BCUT2D eigenvalue weighted by molar-refractivity contribution is 7.89. The number of aliphatic hydroxyl groups is 1. The molecule has 0 aliphatic rings. The lowest BCUT2D eigenvalue weighted by atomic mass is 10.1. The van der Waals surface area contributed by atoms with Crippen LogP contribution in [0.15, 0.2) is 47.4 Å². The number of rotatable bonds is 10. The number of methoxy groups -OCH3 is 2. The summed E-state index contributed by atoms with van der Waals surface area (Å²) in [5, 5.41) is 9.03. The Balaban J connectivity index is 2.18. The van der Waals surface area contributed by atoms with Gasteiger partial charge in [-0.2, -0.15) is 0 Å². The molecule has 0 heterocycles. The maximum Gasteiger partial charge on any atom is 0.240 e. The van der Waals surface area contributed by atoms with E-state index in [1.165, 1.54) is 32.4 Å². The lowest BCUT2D eigenvalue weighted by Crippen LogP contribution is -2.30. The first-order valence-electron chi connectivity index (χ1n) is 8.42. The molecule has 0 amide bonds. The van der Waals surface area contributed by atoms with Crippen LogP contribution in [0.25, 0.3) is 0 Å². The van der Waals surface area contributed by atoms with Crippen molar-refractivity contribution in [3.05, 3.63) is 53.6 Å². The van der Waals surface area contributed by atoms with E-state index in [9.17, 15) is 8.42 Å². The fourth-order valence-electron chi connectivity index (χ4n) is 2.50. The molecule has 2 aromatic carbocycles. The maximum atomic E-state index is 12.7. The molecule has 0 fully saturated rings. The molecule has 0 radical (unpaired) electrons. The van der Waals surface area contributed by atoms with Gasteiger partial charge in [0.15, 0.2) is 11.5 Å². The second-order valence-corrected chi connectivity index (χ2v) is 7.63. The summed E-state index contributed by atoms with van der Waals surface area (Å²) in [6, 6.07) is 12.0. The van der Waals surface area contributed by atoms with Gasteiger partial charge in [0.1, 0.15) is 0 Å². The molecule has 0 bridgehead atoms. The minimum atomic E-state index is -3.78. The van der Waals surface area contributed by atoms with Crippen molar-refractivity contribution < 1.29 is 27.7 Å². The number of nitrogens with one attached hydrogen (secondary N) is 1. The van der Waals surface area contributed by atoms with E-state index in [1.807, 2.05) is 31.2 Å². The number of sulfonamides is 1. The minimum absolute atomic E-state index is 0.0275. The van der Waals surface area contributed by atoms with E-state index in [0.717, 1.165) is 11.1 Å². The van der Waals surface area contributed by atoms with Gasteiger partial charge >= 0.3 is 0 Å². The van der Waals surface area contributed by atoms with Crippen LogP contribution in [0.3, 0.4) is 0 Å². The standard InChI is InChI=1S/C19H25NO6S/c1-14-4-6-15(7-5-14)19(26-11-10-21)13-20-27(22,23)16-8-9-17(24-2)18(12-16)25-3/h4-9,12,19-21H,10-11,13H2,1-3H3. The van der Waals surface area contributed by atoms with Gasteiger partial charge in [-0.25, -0.2) is 13.1 Å². The highest BCUT2D eigenvalue weighted by Crippen LogP contribution is 2.29. The van der Waals surface area contributed by atoms with Crippen molar-refractivity contribution in [1.29, 1.82) is 0 Å². The average molecular weight is 395 g/mol. The summed E-state index contributed by atoms with van der Waals surface area (Å²) in [5.41, 5.74) is 1.91. The number of benzene rings is 2. The van der Waals surface area contributed by atoms with Crippen molar-refractivity contribution in [2.75, 3.05) is 34.0 Å². The topological polar surface area (TPSA) is 94.1 Å². The Morgan fingerprint density at radius 1 is 1.04 bits per heavy atom. The molecule has 0 aliphatic carbocycles. The summed E-state index contributed by atoms with van der Waals surface area (Å²) in [5.74, 6) is 0.771. The fourth-order valence-corrected chi connectivity index (χ4v) is 3.55.